The van der Waals surface area contributed by atoms with E-state index in [1.807, 2.05) is 36.4 Å². The largest absolute Gasteiger partial charge is 0.497 e. The average molecular weight is 698 g/mol. The molecule has 0 unspecified atom stereocenters. The van der Waals surface area contributed by atoms with E-state index in [0.717, 1.165) is 19.0 Å². The van der Waals surface area contributed by atoms with Crippen molar-refractivity contribution in [1.29, 1.82) is 0 Å². The van der Waals surface area contributed by atoms with Crippen molar-refractivity contribution in [3.8, 4) is 5.75 Å². The van der Waals surface area contributed by atoms with Gasteiger partial charge in [-0.2, -0.15) is 0 Å². The van der Waals surface area contributed by atoms with Gasteiger partial charge in [0.05, 0.1) is 17.7 Å². The molecular formula is C32H32IN3O5S. The summed E-state index contributed by atoms with van der Waals surface area (Å²) in [4.78, 5) is 29.1. The predicted molar refractivity (Wildman–Crippen MR) is 172 cm³/mol. The van der Waals surface area contributed by atoms with Gasteiger partial charge in [-0.05, 0) is 82.2 Å². The van der Waals surface area contributed by atoms with Crippen molar-refractivity contribution in [3.63, 3.8) is 0 Å². The smallest absolute Gasteiger partial charge is 0.264 e. The van der Waals surface area contributed by atoms with Gasteiger partial charge in [-0.25, -0.2) is 8.42 Å². The molecule has 0 radical (unpaired) electrons. The van der Waals surface area contributed by atoms with Crippen LogP contribution >= 0.6 is 22.6 Å². The van der Waals surface area contributed by atoms with E-state index >= 15 is 0 Å². The van der Waals surface area contributed by atoms with Gasteiger partial charge in [0.2, 0.25) is 11.8 Å². The molecular weight excluding hydrogens is 665 g/mol. The minimum Gasteiger partial charge on any atom is -0.497 e. The van der Waals surface area contributed by atoms with E-state index in [0.29, 0.717) is 11.4 Å². The Morgan fingerprint density at radius 2 is 1.48 bits per heavy atom. The molecule has 0 spiro atoms. The molecule has 8 nitrogen and oxygen atoms in total. The third-order valence-electron chi connectivity index (χ3n) is 6.73. The zero-order valence-corrected chi connectivity index (χ0v) is 26.3. The van der Waals surface area contributed by atoms with Crippen LogP contribution in [-0.4, -0.2) is 51.9 Å². The topological polar surface area (TPSA) is 96.0 Å². The molecule has 42 heavy (non-hydrogen) atoms. The minimum absolute atomic E-state index is 0.0582. The van der Waals surface area contributed by atoms with E-state index in [2.05, 4.69) is 27.9 Å². The predicted octanol–water partition coefficient (Wildman–Crippen LogP) is 4.88. The summed E-state index contributed by atoms with van der Waals surface area (Å²) in [6.45, 7) is -0.447. The molecule has 0 aliphatic heterocycles. The number of carbonyl (C=O) groups excluding carboxylic acids is 2. The third kappa shape index (κ3) is 7.68. The highest BCUT2D eigenvalue weighted by atomic mass is 127. The first-order valence-electron chi connectivity index (χ1n) is 13.2. The molecule has 0 saturated heterocycles. The fourth-order valence-electron chi connectivity index (χ4n) is 4.54. The number of halogens is 1. The molecule has 0 saturated carbocycles. The Labute approximate surface area is 260 Å². The highest BCUT2D eigenvalue weighted by molar-refractivity contribution is 14.1. The number of hydrogen-bond donors (Lipinski definition) is 1. The molecule has 0 fully saturated rings. The van der Waals surface area contributed by atoms with Crippen LogP contribution < -0.4 is 14.4 Å². The Morgan fingerprint density at radius 3 is 2.10 bits per heavy atom. The summed E-state index contributed by atoms with van der Waals surface area (Å²) in [6, 6.07) is 30.6. The molecule has 4 aromatic carbocycles. The summed E-state index contributed by atoms with van der Waals surface area (Å²) < 4.78 is 35.2. The van der Waals surface area contributed by atoms with Crippen LogP contribution in [0.5, 0.6) is 5.75 Å². The SMILES string of the molecule is CNC(=O)[C@@H](Cc1ccccc1)N(Cc1cccc(OC)c1)C(=O)CN(c1ccc(I)cc1)S(=O)(=O)c1ccccc1. The van der Waals surface area contributed by atoms with E-state index in [4.69, 9.17) is 4.74 Å². The Balaban J connectivity index is 1.78. The molecule has 4 rings (SSSR count). The summed E-state index contributed by atoms with van der Waals surface area (Å²) in [5.74, 6) is -0.283. The van der Waals surface area contributed by atoms with Crippen molar-refractivity contribution in [3.05, 3.63) is 124 Å². The third-order valence-corrected chi connectivity index (χ3v) is 9.24. The van der Waals surface area contributed by atoms with Gasteiger partial charge in [0, 0.05) is 23.6 Å². The highest BCUT2D eigenvalue weighted by Gasteiger charge is 2.34. The number of amides is 2. The number of benzene rings is 4. The number of nitrogens with one attached hydrogen (secondary N) is 1. The summed E-state index contributed by atoms with van der Waals surface area (Å²) in [6.07, 6.45) is 0.241. The van der Waals surface area contributed by atoms with Crippen molar-refractivity contribution < 1.29 is 22.7 Å². The number of nitrogens with zero attached hydrogens (tertiary/aromatic N) is 2. The number of likely N-dealkylation sites (N-methyl/N-ethyl adjacent to an activating group) is 1. The molecule has 0 aliphatic rings. The molecule has 218 valence electrons. The summed E-state index contributed by atoms with van der Waals surface area (Å²) >= 11 is 2.14. The fraction of sp³-hybridized carbons (Fsp3) is 0.188. The lowest BCUT2D eigenvalue weighted by Gasteiger charge is -2.33. The maximum atomic E-state index is 14.3. The number of hydrogen-bond acceptors (Lipinski definition) is 5. The molecule has 1 N–H and O–H groups in total. The Bertz CT molecular complexity index is 1600. The molecule has 0 heterocycles. The molecule has 0 bridgehead atoms. The van der Waals surface area contributed by atoms with Crippen LogP contribution in [0, 0.1) is 3.57 Å². The van der Waals surface area contributed by atoms with Crippen LogP contribution in [0.2, 0.25) is 0 Å². The Kier molecular flexibility index (Phi) is 10.6. The van der Waals surface area contributed by atoms with Crippen molar-refractivity contribution in [2.75, 3.05) is 25.0 Å². The number of anilines is 1. The van der Waals surface area contributed by atoms with E-state index in [1.165, 1.54) is 24.1 Å². The van der Waals surface area contributed by atoms with Crippen LogP contribution in [0.1, 0.15) is 11.1 Å². The van der Waals surface area contributed by atoms with E-state index < -0.39 is 28.5 Å². The number of rotatable bonds is 12. The van der Waals surface area contributed by atoms with Gasteiger partial charge in [0.25, 0.3) is 10.0 Å². The highest BCUT2D eigenvalue weighted by Crippen LogP contribution is 2.26. The van der Waals surface area contributed by atoms with Crippen LogP contribution in [-0.2, 0) is 32.6 Å². The van der Waals surface area contributed by atoms with Gasteiger partial charge in [0.1, 0.15) is 18.3 Å². The van der Waals surface area contributed by atoms with Crippen LogP contribution in [0.15, 0.2) is 114 Å². The number of sulfonamides is 1. The average Bonchev–Trinajstić information content (AvgIpc) is 3.02. The Morgan fingerprint density at radius 1 is 0.857 bits per heavy atom. The summed E-state index contributed by atoms with van der Waals surface area (Å²) in [7, 11) is -1.05. The van der Waals surface area contributed by atoms with Gasteiger partial charge in [0.15, 0.2) is 0 Å². The fourth-order valence-corrected chi connectivity index (χ4v) is 6.34. The molecule has 10 heteroatoms. The van der Waals surface area contributed by atoms with E-state index in [9.17, 15) is 18.0 Å². The first-order chi connectivity index (χ1) is 20.2. The maximum absolute atomic E-state index is 14.3. The monoisotopic (exact) mass is 697 g/mol. The Hall–Kier alpha value is -3.90. The number of carbonyl (C=O) groups is 2. The maximum Gasteiger partial charge on any atom is 0.264 e. The zero-order valence-electron chi connectivity index (χ0n) is 23.3. The van der Waals surface area contributed by atoms with Crippen molar-refractivity contribution in [2.45, 2.75) is 23.9 Å². The molecule has 2 amide bonds. The lowest BCUT2D eigenvalue weighted by Crippen LogP contribution is -2.53. The lowest BCUT2D eigenvalue weighted by atomic mass is 10.0. The number of methoxy groups -OCH3 is 1. The summed E-state index contributed by atoms with van der Waals surface area (Å²) in [5.41, 5.74) is 1.94. The van der Waals surface area contributed by atoms with Crippen LogP contribution in [0.4, 0.5) is 5.69 Å². The van der Waals surface area contributed by atoms with Gasteiger partial charge < -0.3 is 15.0 Å². The second-order valence-electron chi connectivity index (χ2n) is 9.49. The van der Waals surface area contributed by atoms with Gasteiger partial charge in [-0.15, -0.1) is 0 Å². The van der Waals surface area contributed by atoms with Gasteiger partial charge in [-0.3, -0.25) is 13.9 Å². The van der Waals surface area contributed by atoms with Crippen molar-refractivity contribution >= 4 is 50.1 Å². The first kappa shape index (κ1) is 31.0. The van der Waals surface area contributed by atoms with Crippen LogP contribution in [0.3, 0.4) is 0 Å². The molecule has 4 aromatic rings. The van der Waals surface area contributed by atoms with Crippen molar-refractivity contribution in [1.82, 2.24) is 10.2 Å². The molecule has 0 aromatic heterocycles. The zero-order chi connectivity index (χ0) is 30.1. The second kappa shape index (κ2) is 14.3. The summed E-state index contributed by atoms with van der Waals surface area (Å²) in [5, 5.41) is 2.69. The van der Waals surface area contributed by atoms with Gasteiger partial charge >= 0.3 is 0 Å². The second-order valence-corrected chi connectivity index (χ2v) is 12.6. The van der Waals surface area contributed by atoms with E-state index in [1.54, 1.807) is 67.8 Å². The standard InChI is InChI=1S/C32H32IN3O5S/c1-34-32(38)30(21-24-10-5-3-6-11-24)35(22-25-12-9-13-28(20-25)41-2)31(37)23-36(27-18-16-26(33)17-19-27)42(39,40)29-14-7-4-8-15-29/h3-20,30H,21-23H2,1-2H3,(H,34,38)/t30-/m1/s1. The number of ether oxygens (including phenoxy) is 1. The quantitative estimate of drug-likeness (QED) is 0.213. The van der Waals surface area contributed by atoms with Gasteiger partial charge in [-0.1, -0.05) is 60.7 Å². The lowest BCUT2D eigenvalue weighted by molar-refractivity contribution is -0.139. The normalized spacial score (nSPS) is 11.8. The molecule has 0 aliphatic carbocycles. The van der Waals surface area contributed by atoms with E-state index in [-0.39, 0.29) is 23.8 Å². The van der Waals surface area contributed by atoms with Crippen LogP contribution in [0.25, 0.3) is 0 Å². The minimum atomic E-state index is -4.13. The van der Waals surface area contributed by atoms with Crippen molar-refractivity contribution in [2.24, 2.45) is 0 Å². The molecule has 1 atom stereocenters. The first-order valence-corrected chi connectivity index (χ1v) is 15.8.